The van der Waals surface area contributed by atoms with Gasteiger partial charge < -0.3 is 9.64 Å². The predicted molar refractivity (Wildman–Crippen MR) is 69.1 cm³/mol. The maximum absolute atomic E-state index is 12.0. The summed E-state index contributed by atoms with van der Waals surface area (Å²) >= 11 is 0. The second kappa shape index (κ2) is 7.03. The van der Waals surface area contributed by atoms with Crippen LogP contribution in [0.3, 0.4) is 0 Å². The van der Waals surface area contributed by atoms with Crippen molar-refractivity contribution in [1.29, 1.82) is 10.5 Å². The van der Waals surface area contributed by atoms with Crippen molar-refractivity contribution < 1.29 is 9.53 Å². The number of rotatable bonds is 5. The molecule has 5 heteroatoms. The lowest BCUT2D eigenvalue weighted by molar-refractivity contribution is -0.136. The number of amides is 1. The standard InChI is InChI=1S/C14H15N3O2/c1-11-3-5-13(6-4-11)19-12(2)14(18)17(9-7-15)10-8-16/h3-6,12H,9-10H2,1-2H3. The Kier molecular flexibility index (Phi) is 5.37. The van der Waals surface area contributed by atoms with Crippen LogP contribution in [0.25, 0.3) is 0 Å². The molecule has 1 rings (SSSR count). The Balaban J connectivity index is 2.68. The van der Waals surface area contributed by atoms with Gasteiger partial charge in [-0.05, 0) is 26.0 Å². The summed E-state index contributed by atoms with van der Waals surface area (Å²) in [4.78, 5) is 13.2. The largest absolute Gasteiger partial charge is 0.481 e. The number of hydrogen-bond donors (Lipinski definition) is 0. The molecule has 1 unspecified atom stereocenters. The number of carbonyl (C=O) groups is 1. The molecule has 0 bridgehead atoms. The topological polar surface area (TPSA) is 77.1 Å². The molecule has 1 aromatic rings. The molecule has 1 amide bonds. The molecule has 19 heavy (non-hydrogen) atoms. The Morgan fingerprint density at radius 2 is 1.79 bits per heavy atom. The summed E-state index contributed by atoms with van der Waals surface area (Å²) in [5.41, 5.74) is 1.10. The van der Waals surface area contributed by atoms with Gasteiger partial charge in [-0.1, -0.05) is 17.7 Å². The molecule has 0 heterocycles. The normalized spacial score (nSPS) is 10.9. The monoisotopic (exact) mass is 257 g/mol. The lowest BCUT2D eigenvalue weighted by Crippen LogP contribution is -2.40. The van der Waals surface area contributed by atoms with Gasteiger partial charge in [-0.15, -0.1) is 0 Å². The maximum atomic E-state index is 12.0. The molecule has 0 radical (unpaired) electrons. The Morgan fingerprint density at radius 1 is 1.26 bits per heavy atom. The van der Waals surface area contributed by atoms with Gasteiger partial charge in [0.25, 0.3) is 5.91 Å². The molecular formula is C14H15N3O2. The summed E-state index contributed by atoms with van der Waals surface area (Å²) in [5, 5.41) is 17.2. The third-order valence-electron chi connectivity index (χ3n) is 2.52. The number of carbonyl (C=O) groups excluding carboxylic acids is 1. The van der Waals surface area contributed by atoms with Crippen molar-refractivity contribution in [1.82, 2.24) is 4.90 Å². The summed E-state index contributed by atoms with van der Waals surface area (Å²) in [6.07, 6.45) is -0.732. The smallest absolute Gasteiger partial charge is 0.265 e. The van der Waals surface area contributed by atoms with Crippen LogP contribution in [0.4, 0.5) is 0 Å². The fourth-order valence-corrected chi connectivity index (χ4v) is 1.51. The van der Waals surface area contributed by atoms with E-state index in [2.05, 4.69) is 0 Å². The third kappa shape index (κ3) is 4.33. The molecule has 0 saturated carbocycles. The summed E-state index contributed by atoms with van der Waals surface area (Å²) in [6, 6.07) is 11.0. The highest BCUT2D eigenvalue weighted by Gasteiger charge is 2.21. The lowest BCUT2D eigenvalue weighted by Gasteiger charge is -2.21. The molecule has 0 N–H and O–H groups in total. The van der Waals surface area contributed by atoms with Crippen LogP contribution in [0.1, 0.15) is 12.5 Å². The van der Waals surface area contributed by atoms with Crippen LogP contribution in [0.5, 0.6) is 5.75 Å². The van der Waals surface area contributed by atoms with E-state index in [1.165, 1.54) is 4.90 Å². The highest BCUT2D eigenvalue weighted by molar-refractivity contribution is 5.81. The Morgan fingerprint density at radius 3 is 2.26 bits per heavy atom. The van der Waals surface area contributed by atoms with Crippen molar-refractivity contribution in [2.75, 3.05) is 13.1 Å². The van der Waals surface area contributed by atoms with Gasteiger partial charge >= 0.3 is 0 Å². The summed E-state index contributed by atoms with van der Waals surface area (Å²) in [7, 11) is 0. The fraction of sp³-hybridized carbons (Fsp3) is 0.357. The minimum Gasteiger partial charge on any atom is -0.481 e. The van der Waals surface area contributed by atoms with E-state index >= 15 is 0 Å². The van der Waals surface area contributed by atoms with Crippen molar-refractivity contribution in [3.8, 4) is 17.9 Å². The van der Waals surface area contributed by atoms with Gasteiger partial charge in [-0.3, -0.25) is 4.79 Å². The van der Waals surface area contributed by atoms with Crippen molar-refractivity contribution in [2.45, 2.75) is 20.0 Å². The molecule has 1 aromatic carbocycles. The quantitative estimate of drug-likeness (QED) is 0.751. The van der Waals surface area contributed by atoms with Crippen molar-refractivity contribution in [3.63, 3.8) is 0 Å². The number of nitrogens with zero attached hydrogens (tertiary/aromatic N) is 3. The number of ether oxygens (including phenoxy) is 1. The fourth-order valence-electron chi connectivity index (χ4n) is 1.51. The minimum atomic E-state index is -0.732. The zero-order valence-electron chi connectivity index (χ0n) is 11.0. The minimum absolute atomic E-state index is 0.117. The van der Waals surface area contributed by atoms with Crippen LogP contribution in [-0.2, 0) is 4.79 Å². The number of nitriles is 2. The van der Waals surface area contributed by atoms with Crippen LogP contribution in [-0.4, -0.2) is 30.0 Å². The van der Waals surface area contributed by atoms with Gasteiger partial charge in [0.15, 0.2) is 6.10 Å². The average Bonchev–Trinajstić information content (AvgIpc) is 2.40. The average molecular weight is 257 g/mol. The van der Waals surface area contributed by atoms with E-state index in [9.17, 15) is 4.79 Å². The van der Waals surface area contributed by atoms with Gasteiger partial charge in [0, 0.05) is 0 Å². The van der Waals surface area contributed by atoms with E-state index in [-0.39, 0.29) is 19.0 Å². The molecular weight excluding hydrogens is 242 g/mol. The Bertz CT molecular complexity index is 495. The number of benzene rings is 1. The van der Waals surface area contributed by atoms with E-state index in [0.29, 0.717) is 5.75 Å². The third-order valence-corrected chi connectivity index (χ3v) is 2.52. The van der Waals surface area contributed by atoms with Crippen LogP contribution in [0, 0.1) is 29.6 Å². The van der Waals surface area contributed by atoms with Gasteiger partial charge in [-0.25, -0.2) is 0 Å². The number of hydrogen-bond acceptors (Lipinski definition) is 4. The maximum Gasteiger partial charge on any atom is 0.265 e. The molecule has 0 aliphatic carbocycles. The molecule has 0 saturated heterocycles. The summed E-state index contributed by atoms with van der Waals surface area (Å²) < 4.78 is 5.49. The van der Waals surface area contributed by atoms with E-state index in [0.717, 1.165) is 5.56 Å². The molecule has 0 fully saturated rings. The molecule has 1 atom stereocenters. The van der Waals surface area contributed by atoms with Crippen molar-refractivity contribution in [2.24, 2.45) is 0 Å². The van der Waals surface area contributed by atoms with Gasteiger partial charge in [-0.2, -0.15) is 10.5 Å². The molecule has 5 nitrogen and oxygen atoms in total. The first-order valence-corrected chi connectivity index (χ1v) is 5.84. The number of aryl methyl sites for hydroxylation is 1. The van der Waals surface area contributed by atoms with Crippen LogP contribution in [0.2, 0.25) is 0 Å². The van der Waals surface area contributed by atoms with E-state index in [1.807, 2.05) is 31.2 Å². The second-order valence-corrected chi connectivity index (χ2v) is 4.08. The van der Waals surface area contributed by atoms with Crippen LogP contribution >= 0.6 is 0 Å². The summed E-state index contributed by atoms with van der Waals surface area (Å²) in [5.74, 6) is 0.212. The molecule has 0 aliphatic rings. The lowest BCUT2D eigenvalue weighted by atomic mass is 10.2. The van der Waals surface area contributed by atoms with Crippen LogP contribution in [0.15, 0.2) is 24.3 Å². The molecule has 98 valence electrons. The Labute approximate surface area is 112 Å². The van der Waals surface area contributed by atoms with Gasteiger partial charge in [0.05, 0.1) is 12.1 Å². The van der Waals surface area contributed by atoms with Gasteiger partial charge in [0.1, 0.15) is 18.8 Å². The highest BCUT2D eigenvalue weighted by Crippen LogP contribution is 2.14. The SMILES string of the molecule is Cc1ccc(OC(C)C(=O)N(CC#N)CC#N)cc1. The molecule has 0 aromatic heterocycles. The van der Waals surface area contributed by atoms with E-state index in [1.54, 1.807) is 19.1 Å². The van der Waals surface area contributed by atoms with Crippen molar-refractivity contribution in [3.05, 3.63) is 29.8 Å². The second-order valence-electron chi connectivity index (χ2n) is 4.08. The first kappa shape index (κ1) is 14.5. The molecule has 0 spiro atoms. The van der Waals surface area contributed by atoms with Crippen molar-refractivity contribution >= 4 is 5.91 Å². The first-order valence-electron chi connectivity index (χ1n) is 5.84. The highest BCUT2D eigenvalue weighted by atomic mass is 16.5. The Hall–Kier alpha value is -2.53. The summed E-state index contributed by atoms with van der Waals surface area (Å²) in [6.45, 7) is 3.33. The van der Waals surface area contributed by atoms with E-state index in [4.69, 9.17) is 15.3 Å². The zero-order chi connectivity index (χ0) is 14.3. The van der Waals surface area contributed by atoms with E-state index < -0.39 is 6.10 Å². The first-order chi connectivity index (χ1) is 9.08. The van der Waals surface area contributed by atoms with Crippen LogP contribution < -0.4 is 4.74 Å². The predicted octanol–water partition coefficient (Wildman–Crippen LogP) is 1.64. The van der Waals surface area contributed by atoms with Gasteiger partial charge in [0.2, 0.25) is 0 Å². The zero-order valence-corrected chi connectivity index (χ0v) is 11.0. The molecule has 0 aliphatic heterocycles.